The van der Waals surface area contributed by atoms with Crippen LogP contribution in [-0.2, 0) is 0 Å². The van der Waals surface area contributed by atoms with Crippen molar-refractivity contribution in [2.45, 2.75) is 38.5 Å². The van der Waals surface area contributed by atoms with Crippen LogP contribution < -0.4 is 16.4 Å². The van der Waals surface area contributed by atoms with E-state index in [0.29, 0.717) is 22.5 Å². The second kappa shape index (κ2) is 7.65. The van der Waals surface area contributed by atoms with Crippen molar-refractivity contribution < 1.29 is 4.79 Å². The molecule has 0 aromatic heterocycles. The van der Waals surface area contributed by atoms with Gasteiger partial charge >= 0.3 is 0 Å². The number of benzene rings is 1. The molecule has 1 aliphatic heterocycles. The molecule has 0 aliphatic carbocycles. The molecule has 4 N–H and O–H groups in total. The number of nitrogens with two attached hydrogens (primary N) is 1. The van der Waals surface area contributed by atoms with E-state index in [1.807, 2.05) is 25.1 Å². The summed E-state index contributed by atoms with van der Waals surface area (Å²) >= 11 is 1.61. The van der Waals surface area contributed by atoms with Crippen LogP contribution >= 0.6 is 11.8 Å². The lowest BCUT2D eigenvalue weighted by Crippen LogP contribution is -2.28. The summed E-state index contributed by atoms with van der Waals surface area (Å²) in [5.74, 6) is -0.104. The maximum absolute atomic E-state index is 12.5. The highest BCUT2D eigenvalue weighted by molar-refractivity contribution is 8.14. The topological polar surface area (TPSA) is 79.5 Å². The molecule has 120 valence electrons. The Kier molecular flexibility index (Phi) is 5.85. The molecular formula is C16H24N4OS. The molecule has 0 bridgehead atoms. The Balaban J connectivity index is 2.05. The van der Waals surface area contributed by atoms with Gasteiger partial charge in [-0.25, -0.2) is 0 Å². The smallest absolute Gasteiger partial charge is 0.257 e. The zero-order chi connectivity index (χ0) is 16.1. The monoisotopic (exact) mass is 320 g/mol. The number of thioether (sulfide) groups is 1. The largest absolute Gasteiger partial charge is 0.385 e. The molecule has 22 heavy (non-hydrogen) atoms. The van der Waals surface area contributed by atoms with Crippen LogP contribution in [0.25, 0.3) is 0 Å². The number of hydrogen-bond acceptors (Lipinski definition) is 5. The van der Waals surface area contributed by atoms with Crippen molar-refractivity contribution in [3.8, 4) is 0 Å². The normalized spacial score (nSPS) is 20.6. The minimum atomic E-state index is -0.104. The van der Waals surface area contributed by atoms with Crippen molar-refractivity contribution in [2.24, 2.45) is 10.7 Å². The Bertz CT molecular complexity index is 573. The summed E-state index contributed by atoms with van der Waals surface area (Å²) in [5.41, 5.74) is 8.05. The Hall–Kier alpha value is -1.53. The van der Waals surface area contributed by atoms with Crippen molar-refractivity contribution in [1.29, 1.82) is 0 Å². The lowest BCUT2D eigenvalue weighted by molar-refractivity contribution is 0.0977. The molecule has 0 radical (unpaired) electrons. The molecule has 1 heterocycles. The molecule has 0 saturated heterocycles. The minimum absolute atomic E-state index is 0.104. The van der Waals surface area contributed by atoms with Crippen LogP contribution in [0, 0.1) is 6.92 Å². The third kappa shape index (κ3) is 4.24. The predicted octanol–water partition coefficient (Wildman–Crippen LogP) is 2.37. The van der Waals surface area contributed by atoms with Gasteiger partial charge in [-0.15, -0.1) is 0 Å². The van der Waals surface area contributed by atoms with Crippen LogP contribution in [0.4, 0.5) is 5.69 Å². The van der Waals surface area contributed by atoms with Gasteiger partial charge in [0.2, 0.25) is 0 Å². The minimum Gasteiger partial charge on any atom is -0.385 e. The molecule has 1 aromatic carbocycles. The molecule has 0 spiro atoms. The summed E-state index contributed by atoms with van der Waals surface area (Å²) in [7, 11) is 0. The molecule has 0 fully saturated rings. The number of amidine groups is 1. The van der Waals surface area contributed by atoms with Crippen molar-refractivity contribution in [2.75, 3.05) is 18.4 Å². The first-order valence-corrected chi connectivity index (χ1v) is 8.49. The zero-order valence-electron chi connectivity index (χ0n) is 13.3. The van der Waals surface area contributed by atoms with Crippen LogP contribution in [-0.4, -0.2) is 35.5 Å². The highest BCUT2D eigenvalue weighted by Crippen LogP contribution is 2.25. The molecule has 1 aromatic rings. The predicted molar refractivity (Wildman–Crippen MR) is 94.8 cm³/mol. The average molecular weight is 320 g/mol. The van der Waals surface area contributed by atoms with Crippen LogP contribution in [0.5, 0.6) is 0 Å². The number of aliphatic imine (C=N–C) groups is 1. The average Bonchev–Trinajstić information content (AvgIpc) is 2.79. The van der Waals surface area contributed by atoms with E-state index in [9.17, 15) is 4.79 Å². The van der Waals surface area contributed by atoms with Crippen LogP contribution in [0.1, 0.15) is 36.2 Å². The van der Waals surface area contributed by atoms with Gasteiger partial charge in [-0.1, -0.05) is 24.8 Å². The fourth-order valence-corrected chi connectivity index (χ4v) is 3.12. The van der Waals surface area contributed by atoms with Gasteiger partial charge in [-0.05, 0) is 44.5 Å². The number of rotatable bonds is 5. The summed E-state index contributed by atoms with van der Waals surface area (Å²) in [6, 6.07) is 6.06. The van der Waals surface area contributed by atoms with Gasteiger partial charge in [-0.3, -0.25) is 9.79 Å². The third-order valence-electron chi connectivity index (χ3n) is 3.71. The zero-order valence-corrected chi connectivity index (χ0v) is 14.2. The standard InChI is InChI=1S/C16H24N4OS/c1-10-5-6-13(18-8-4-7-17)9-14(10)15(21)20-16-19-11(2)12(3)22-16/h5-6,9,11-12,18H,4,7-8,17H2,1-3H3,(H,19,20,21). The molecule has 2 rings (SSSR count). The van der Waals surface area contributed by atoms with E-state index in [-0.39, 0.29) is 11.9 Å². The van der Waals surface area contributed by atoms with Crippen LogP contribution in [0.2, 0.25) is 0 Å². The highest BCUT2D eigenvalue weighted by Gasteiger charge is 2.24. The maximum Gasteiger partial charge on any atom is 0.257 e. The number of nitrogens with zero attached hydrogens (tertiary/aromatic N) is 1. The number of aryl methyl sites for hydroxylation is 1. The molecule has 0 saturated carbocycles. The van der Waals surface area contributed by atoms with Gasteiger partial charge < -0.3 is 16.4 Å². The second-order valence-corrected chi connectivity index (χ2v) is 6.92. The molecule has 6 heteroatoms. The summed E-state index contributed by atoms with van der Waals surface area (Å²) in [6.07, 6.45) is 0.901. The fourth-order valence-electron chi connectivity index (χ4n) is 2.13. The number of nitrogens with one attached hydrogen (secondary N) is 2. The Labute approximate surface area is 136 Å². The summed E-state index contributed by atoms with van der Waals surface area (Å²) in [6.45, 7) is 7.57. The Morgan fingerprint density at radius 1 is 1.41 bits per heavy atom. The third-order valence-corrected chi connectivity index (χ3v) is 4.91. The van der Waals surface area contributed by atoms with Gasteiger partial charge in [0.15, 0.2) is 5.17 Å². The number of amides is 1. The Morgan fingerprint density at radius 3 is 2.82 bits per heavy atom. The summed E-state index contributed by atoms with van der Waals surface area (Å²) in [5, 5.41) is 7.32. The van der Waals surface area contributed by atoms with Crippen LogP contribution in [0.15, 0.2) is 23.2 Å². The van der Waals surface area contributed by atoms with Crippen molar-refractivity contribution in [1.82, 2.24) is 5.32 Å². The number of carbonyl (C=O) groups excluding carboxylic acids is 1. The van der Waals surface area contributed by atoms with E-state index >= 15 is 0 Å². The van der Waals surface area contributed by atoms with Gasteiger partial charge in [0.1, 0.15) is 0 Å². The molecule has 2 atom stereocenters. The molecule has 1 amide bonds. The van der Waals surface area contributed by atoms with Gasteiger partial charge in [-0.2, -0.15) is 0 Å². The van der Waals surface area contributed by atoms with E-state index in [1.54, 1.807) is 11.8 Å². The highest BCUT2D eigenvalue weighted by atomic mass is 32.2. The number of carbonyl (C=O) groups is 1. The van der Waals surface area contributed by atoms with Crippen molar-refractivity contribution in [3.63, 3.8) is 0 Å². The van der Waals surface area contributed by atoms with E-state index in [2.05, 4.69) is 29.5 Å². The fraction of sp³-hybridized carbons (Fsp3) is 0.500. The first kappa shape index (κ1) is 16.8. The van der Waals surface area contributed by atoms with E-state index in [1.165, 1.54) is 0 Å². The summed E-state index contributed by atoms with van der Waals surface area (Å²) < 4.78 is 0. The number of anilines is 1. The molecule has 1 aliphatic rings. The maximum atomic E-state index is 12.5. The quantitative estimate of drug-likeness (QED) is 0.728. The molecule has 5 nitrogen and oxygen atoms in total. The van der Waals surface area contributed by atoms with Crippen molar-refractivity contribution >= 4 is 28.5 Å². The SMILES string of the molecule is Cc1ccc(NCCCN)cc1C(=O)NC1=NC(C)C(C)S1. The first-order valence-electron chi connectivity index (χ1n) is 7.61. The lowest BCUT2D eigenvalue weighted by Gasteiger charge is -2.11. The van der Waals surface area contributed by atoms with Gasteiger partial charge in [0.05, 0.1) is 6.04 Å². The Morgan fingerprint density at radius 2 is 2.18 bits per heavy atom. The molecular weight excluding hydrogens is 296 g/mol. The first-order chi connectivity index (χ1) is 10.5. The molecule has 2 unspecified atom stereocenters. The number of hydrogen-bond donors (Lipinski definition) is 3. The van der Waals surface area contributed by atoms with Crippen LogP contribution in [0.3, 0.4) is 0 Å². The van der Waals surface area contributed by atoms with Gasteiger partial charge in [0, 0.05) is 23.0 Å². The van der Waals surface area contributed by atoms with E-state index < -0.39 is 0 Å². The summed E-state index contributed by atoms with van der Waals surface area (Å²) in [4.78, 5) is 16.9. The lowest BCUT2D eigenvalue weighted by atomic mass is 10.1. The van der Waals surface area contributed by atoms with Crippen molar-refractivity contribution in [3.05, 3.63) is 29.3 Å². The van der Waals surface area contributed by atoms with Gasteiger partial charge in [0.25, 0.3) is 5.91 Å². The van der Waals surface area contributed by atoms with E-state index in [4.69, 9.17) is 5.73 Å². The van der Waals surface area contributed by atoms with E-state index in [0.717, 1.165) is 24.2 Å². The second-order valence-electron chi connectivity index (χ2n) is 5.55.